The van der Waals surface area contributed by atoms with E-state index in [9.17, 15) is 24.3 Å². The maximum Gasteiger partial charge on any atom is 0.309 e. The number of aliphatic hydroxyl groups excluding tert-OH is 1. The van der Waals surface area contributed by atoms with Crippen molar-refractivity contribution in [3.63, 3.8) is 0 Å². The molecular formula is C49H72O10. The molecule has 0 radical (unpaired) electrons. The van der Waals surface area contributed by atoms with Gasteiger partial charge in [0.1, 0.15) is 6.10 Å². The molecule has 328 valence electrons. The van der Waals surface area contributed by atoms with Gasteiger partial charge in [-0.1, -0.05) is 79.0 Å². The Morgan fingerprint density at radius 3 is 1.78 bits per heavy atom. The highest BCUT2D eigenvalue weighted by molar-refractivity contribution is 5.97. The summed E-state index contributed by atoms with van der Waals surface area (Å²) in [7, 11) is 2.94. The van der Waals surface area contributed by atoms with E-state index in [1.165, 1.54) is 49.5 Å². The van der Waals surface area contributed by atoms with E-state index in [2.05, 4.69) is 65.0 Å². The maximum atomic E-state index is 13.7. The van der Waals surface area contributed by atoms with Crippen LogP contribution in [-0.2, 0) is 42.9 Å². The van der Waals surface area contributed by atoms with Crippen molar-refractivity contribution < 1.29 is 48.0 Å². The molecule has 1 N–H and O–H groups in total. The van der Waals surface area contributed by atoms with Crippen molar-refractivity contribution >= 4 is 23.5 Å². The summed E-state index contributed by atoms with van der Waals surface area (Å²) in [5, 5.41) is 10.5. The number of aliphatic hydroxyl groups is 1. The number of ketones is 2. The van der Waals surface area contributed by atoms with Crippen molar-refractivity contribution in [2.24, 2.45) is 29.6 Å². The third-order valence-electron chi connectivity index (χ3n) is 12.1. The van der Waals surface area contributed by atoms with Gasteiger partial charge >= 0.3 is 11.9 Å². The molecule has 0 spiro atoms. The van der Waals surface area contributed by atoms with Crippen LogP contribution in [0.3, 0.4) is 0 Å². The van der Waals surface area contributed by atoms with Crippen LogP contribution in [0, 0.1) is 29.6 Å². The number of ether oxygens (including phenoxy) is 5. The van der Waals surface area contributed by atoms with E-state index in [0.29, 0.717) is 25.9 Å². The zero-order valence-corrected chi connectivity index (χ0v) is 37.7. The highest BCUT2D eigenvalue weighted by Crippen LogP contribution is 2.38. The van der Waals surface area contributed by atoms with Crippen LogP contribution in [-0.4, -0.2) is 67.8 Å². The number of cyclic esters (lactones) is 1. The molecule has 0 saturated carbocycles. The Morgan fingerprint density at radius 1 is 0.729 bits per heavy atom. The van der Waals surface area contributed by atoms with Gasteiger partial charge in [-0.05, 0) is 98.5 Å². The molecule has 2 aliphatic carbocycles. The Balaban J connectivity index is 1.49. The first-order valence-corrected chi connectivity index (χ1v) is 21.6. The van der Waals surface area contributed by atoms with E-state index < -0.39 is 24.1 Å². The summed E-state index contributed by atoms with van der Waals surface area (Å²) < 4.78 is 28.2. The van der Waals surface area contributed by atoms with Gasteiger partial charge in [-0.25, -0.2) is 0 Å². The molecule has 0 aromatic heterocycles. The van der Waals surface area contributed by atoms with E-state index >= 15 is 0 Å². The normalized spacial score (nSPS) is 27.5. The number of esters is 2. The molecule has 10 nitrogen and oxygen atoms in total. The van der Waals surface area contributed by atoms with Crippen LogP contribution >= 0.6 is 0 Å². The summed E-state index contributed by atoms with van der Waals surface area (Å²) in [5.74, 6) is -1.32. The van der Waals surface area contributed by atoms with Gasteiger partial charge in [0.05, 0.1) is 32.8 Å². The number of rotatable bonds is 22. The first kappa shape index (κ1) is 49.2. The second kappa shape index (κ2) is 24.2. The molecule has 0 aromatic carbocycles. The molecule has 0 bridgehead atoms. The highest BCUT2D eigenvalue weighted by atomic mass is 16.6. The molecule has 3 aliphatic rings. The molecule has 59 heavy (non-hydrogen) atoms. The van der Waals surface area contributed by atoms with Gasteiger partial charge in [0.25, 0.3) is 0 Å². The van der Waals surface area contributed by atoms with Crippen LogP contribution in [0.2, 0.25) is 0 Å². The Labute approximate surface area is 353 Å². The largest absolute Gasteiger partial charge is 0.493 e. The second-order valence-corrected chi connectivity index (χ2v) is 17.1. The zero-order chi connectivity index (χ0) is 43.8. The van der Waals surface area contributed by atoms with Crippen molar-refractivity contribution in [1.29, 1.82) is 0 Å². The number of carbonyl (C=O) groups excluding carboxylic acids is 4. The van der Waals surface area contributed by atoms with Gasteiger partial charge in [0.15, 0.2) is 23.4 Å². The van der Waals surface area contributed by atoms with E-state index in [0.717, 1.165) is 56.9 Å². The van der Waals surface area contributed by atoms with Crippen LogP contribution < -0.4 is 0 Å². The van der Waals surface area contributed by atoms with Gasteiger partial charge in [-0.3, -0.25) is 19.2 Å². The Hall–Kier alpha value is -4.18. The monoisotopic (exact) mass is 821 g/mol. The first-order valence-electron chi connectivity index (χ1n) is 21.6. The summed E-state index contributed by atoms with van der Waals surface area (Å²) in [4.78, 5) is 50.2. The highest BCUT2D eigenvalue weighted by Gasteiger charge is 2.45. The predicted octanol–water partition coefficient (Wildman–Crippen LogP) is 9.94. The van der Waals surface area contributed by atoms with E-state index in [-0.39, 0.29) is 64.6 Å². The lowest BCUT2D eigenvalue weighted by molar-refractivity contribution is -0.154. The lowest BCUT2D eigenvalue weighted by Gasteiger charge is -2.36. The quantitative estimate of drug-likeness (QED) is 0.0831. The molecule has 0 amide bonds. The van der Waals surface area contributed by atoms with E-state index in [1.54, 1.807) is 0 Å². The summed E-state index contributed by atoms with van der Waals surface area (Å²) >= 11 is 0. The fourth-order valence-corrected chi connectivity index (χ4v) is 8.12. The summed E-state index contributed by atoms with van der Waals surface area (Å²) in [5.41, 5.74) is 6.10. The molecule has 0 aromatic rings. The lowest BCUT2D eigenvalue weighted by Crippen LogP contribution is -2.42. The topological polar surface area (TPSA) is 135 Å². The molecule has 1 aliphatic heterocycles. The fourth-order valence-electron chi connectivity index (χ4n) is 8.12. The number of hydrogen-bond donors (Lipinski definition) is 1. The smallest absolute Gasteiger partial charge is 0.309 e. The Bertz CT molecular complexity index is 1700. The molecule has 1 heterocycles. The average Bonchev–Trinajstić information content (AvgIpc) is 3.49. The molecule has 1 saturated heterocycles. The summed E-state index contributed by atoms with van der Waals surface area (Å²) in [6.45, 7) is 17.8. The van der Waals surface area contributed by atoms with Crippen molar-refractivity contribution in [2.75, 3.05) is 20.8 Å². The van der Waals surface area contributed by atoms with Crippen molar-refractivity contribution in [3.05, 3.63) is 81.6 Å². The number of hydrogen-bond acceptors (Lipinski definition) is 10. The molecule has 3 rings (SSSR count). The van der Waals surface area contributed by atoms with Crippen LogP contribution in [0.25, 0.3) is 0 Å². The molecular weight excluding hydrogens is 749 g/mol. The predicted molar refractivity (Wildman–Crippen MR) is 231 cm³/mol. The number of Topliss-reactive ketones (excluding diaryl/α,β-unsaturated/α-hetero) is 2. The minimum atomic E-state index is -0.741. The minimum absolute atomic E-state index is 0.0318. The standard InChI is InChI=1S/C49H72O10/c1-30(15-12-17-31(2)21-23-40-36(7)44(52)43(55-10)29-42(40)51)16-13-19-33(4)25-26-57-47-45(53)37(8)41(46(48(47)56-11)58-38(9)50)24-22-32(3)18-14-20-34(5)27-39-28-35(6)49(54)59-39/h15,19-22,29,35-37,39-42,46,51H,12-14,16-18,23-28H2,1-11H3/b30-15+,31-21+,32-22+,33-19+,34-20+. The Kier molecular flexibility index (Phi) is 20.1. The van der Waals surface area contributed by atoms with Gasteiger partial charge in [0, 0.05) is 43.4 Å². The van der Waals surface area contributed by atoms with E-state index in [4.69, 9.17) is 23.7 Å². The SMILES string of the molecule is COC1=CC(O)C(C/C=C(\C)CC/C=C(\C)CC/C=C(\C)CCOC2=C(OC)C(OC(C)=O)C(C/C=C(\C)CC/C=C(\C)CC3CC(C)C(=O)O3)C(C)C2=O)C(C)C1=O. The van der Waals surface area contributed by atoms with Crippen LogP contribution in [0.5, 0.6) is 0 Å². The van der Waals surface area contributed by atoms with Gasteiger partial charge in [-0.2, -0.15) is 0 Å². The summed E-state index contributed by atoms with van der Waals surface area (Å²) in [6.07, 6.45) is 19.7. The molecule has 8 atom stereocenters. The Morgan fingerprint density at radius 2 is 1.25 bits per heavy atom. The molecule has 1 fully saturated rings. The van der Waals surface area contributed by atoms with Crippen LogP contribution in [0.15, 0.2) is 81.6 Å². The fraction of sp³-hybridized carbons (Fsp3) is 0.633. The number of carbonyl (C=O) groups is 4. The van der Waals surface area contributed by atoms with Crippen molar-refractivity contribution in [2.45, 2.75) is 151 Å². The minimum Gasteiger partial charge on any atom is -0.493 e. The third kappa shape index (κ3) is 15.1. The van der Waals surface area contributed by atoms with Crippen LogP contribution in [0.1, 0.15) is 133 Å². The molecule has 8 unspecified atom stereocenters. The van der Waals surface area contributed by atoms with Crippen LogP contribution in [0.4, 0.5) is 0 Å². The number of methoxy groups -OCH3 is 2. The van der Waals surface area contributed by atoms with E-state index in [1.807, 2.05) is 20.8 Å². The maximum absolute atomic E-state index is 13.7. The lowest BCUT2D eigenvalue weighted by atomic mass is 9.77. The summed E-state index contributed by atoms with van der Waals surface area (Å²) in [6, 6.07) is 0. The van der Waals surface area contributed by atoms with Gasteiger partial charge < -0.3 is 28.8 Å². The van der Waals surface area contributed by atoms with Crippen molar-refractivity contribution in [3.8, 4) is 0 Å². The van der Waals surface area contributed by atoms with Gasteiger partial charge in [0.2, 0.25) is 11.5 Å². The average molecular weight is 821 g/mol. The van der Waals surface area contributed by atoms with Crippen molar-refractivity contribution in [1.82, 2.24) is 0 Å². The second-order valence-electron chi connectivity index (χ2n) is 17.1. The first-order chi connectivity index (χ1) is 28.0. The zero-order valence-electron chi connectivity index (χ0n) is 37.7. The molecule has 10 heteroatoms. The third-order valence-corrected chi connectivity index (χ3v) is 12.1. The van der Waals surface area contributed by atoms with Gasteiger partial charge in [-0.15, -0.1) is 0 Å². The number of allylic oxidation sites excluding steroid dienone is 10.